The van der Waals surface area contributed by atoms with Gasteiger partial charge in [0.1, 0.15) is 18.0 Å². The normalized spacial score (nSPS) is 18.6. The predicted molar refractivity (Wildman–Crippen MR) is 76.4 cm³/mol. The zero-order chi connectivity index (χ0) is 14.4. The van der Waals surface area contributed by atoms with E-state index in [0.717, 1.165) is 12.8 Å². The molecule has 0 radical (unpaired) electrons. The van der Waals surface area contributed by atoms with E-state index in [-0.39, 0.29) is 17.6 Å². The van der Waals surface area contributed by atoms with Crippen LogP contribution in [0.2, 0.25) is 0 Å². The second-order valence-corrected chi connectivity index (χ2v) is 5.74. The third kappa shape index (κ3) is 2.30. The summed E-state index contributed by atoms with van der Waals surface area (Å²) in [5, 5.41) is 3.71. The molecule has 0 bridgehead atoms. The van der Waals surface area contributed by atoms with Crippen LogP contribution in [-0.2, 0) is 4.79 Å². The number of carbonyl (C=O) groups is 1. The van der Waals surface area contributed by atoms with E-state index in [1.54, 1.807) is 6.07 Å². The molecule has 0 spiro atoms. The fraction of sp³-hybridized carbons (Fsp3) is 0.400. The van der Waals surface area contributed by atoms with Crippen molar-refractivity contribution in [3.8, 4) is 0 Å². The van der Waals surface area contributed by atoms with E-state index in [2.05, 4.69) is 15.3 Å². The second kappa shape index (κ2) is 4.65. The summed E-state index contributed by atoms with van der Waals surface area (Å²) in [4.78, 5) is 22.3. The summed E-state index contributed by atoms with van der Waals surface area (Å²) in [5.41, 5.74) is 0.715. The standard InChI is InChI=1S/C15H15FN4O/c16-10-1-4-13-12(5-10)14(18-8-17-13)20-6-9(7-20)15(21)19-11-2-3-11/h1,4-5,8-9,11H,2-3,6-7H2,(H,19,21). The van der Waals surface area contributed by atoms with Crippen LogP contribution in [0.4, 0.5) is 10.2 Å². The lowest BCUT2D eigenvalue weighted by Gasteiger charge is -2.39. The van der Waals surface area contributed by atoms with Gasteiger partial charge in [0.2, 0.25) is 5.91 Å². The molecule has 0 unspecified atom stereocenters. The van der Waals surface area contributed by atoms with Crippen LogP contribution in [0.25, 0.3) is 10.9 Å². The maximum absolute atomic E-state index is 13.4. The average Bonchev–Trinajstić information content (AvgIpc) is 3.21. The molecule has 1 aliphatic carbocycles. The van der Waals surface area contributed by atoms with E-state index in [1.807, 2.05) is 4.90 Å². The van der Waals surface area contributed by atoms with E-state index in [4.69, 9.17) is 0 Å². The summed E-state index contributed by atoms with van der Waals surface area (Å²) in [5.74, 6) is 0.527. The van der Waals surface area contributed by atoms with Crippen molar-refractivity contribution in [1.82, 2.24) is 15.3 Å². The number of hydrogen-bond donors (Lipinski definition) is 1. The van der Waals surface area contributed by atoms with Crippen LogP contribution in [-0.4, -0.2) is 35.0 Å². The van der Waals surface area contributed by atoms with Gasteiger partial charge in [0, 0.05) is 24.5 Å². The number of hydrogen-bond acceptors (Lipinski definition) is 4. The fourth-order valence-electron chi connectivity index (χ4n) is 2.63. The number of halogens is 1. The Morgan fingerprint density at radius 1 is 1.29 bits per heavy atom. The number of benzene rings is 1. The van der Waals surface area contributed by atoms with Crippen LogP contribution in [0, 0.1) is 11.7 Å². The molecule has 2 aromatic rings. The first kappa shape index (κ1) is 12.5. The number of fused-ring (bicyclic) bond motifs is 1. The minimum Gasteiger partial charge on any atom is -0.354 e. The molecule has 1 aromatic carbocycles. The molecule has 0 atom stereocenters. The van der Waals surface area contributed by atoms with Crippen molar-refractivity contribution >= 4 is 22.6 Å². The molecule has 2 heterocycles. The minimum atomic E-state index is -0.304. The summed E-state index contributed by atoms with van der Waals surface area (Å²) in [6, 6.07) is 4.87. The number of aromatic nitrogens is 2. The number of nitrogens with zero attached hydrogens (tertiary/aromatic N) is 3. The van der Waals surface area contributed by atoms with Gasteiger partial charge in [-0.05, 0) is 31.0 Å². The van der Waals surface area contributed by atoms with Crippen LogP contribution in [0.15, 0.2) is 24.5 Å². The lowest BCUT2D eigenvalue weighted by Crippen LogP contribution is -2.54. The first-order valence-corrected chi connectivity index (χ1v) is 7.16. The van der Waals surface area contributed by atoms with Gasteiger partial charge >= 0.3 is 0 Å². The first-order valence-electron chi connectivity index (χ1n) is 7.16. The maximum atomic E-state index is 13.4. The van der Waals surface area contributed by atoms with Gasteiger partial charge in [0.05, 0.1) is 11.4 Å². The van der Waals surface area contributed by atoms with E-state index >= 15 is 0 Å². The third-order valence-corrected chi connectivity index (χ3v) is 4.05. The highest BCUT2D eigenvalue weighted by Crippen LogP contribution is 2.30. The largest absolute Gasteiger partial charge is 0.354 e. The lowest BCUT2D eigenvalue weighted by molar-refractivity contribution is -0.125. The molecule has 1 aliphatic heterocycles. The van der Waals surface area contributed by atoms with Crippen molar-refractivity contribution in [3.63, 3.8) is 0 Å². The Kier molecular flexibility index (Phi) is 2.77. The van der Waals surface area contributed by atoms with Crippen LogP contribution in [0.1, 0.15) is 12.8 Å². The molecule has 6 heteroatoms. The molecule has 1 N–H and O–H groups in total. The Balaban J connectivity index is 1.53. The Hall–Kier alpha value is -2.24. The first-order chi connectivity index (χ1) is 10.2. The van der Waals surface area contributed by atoms with Gasteiger partial charge in [0.15, 0.2) is 0 Å². The molecule has 1 saturated heterocycles. The minimum absolute atomic E-state index is 0.00387. The number of anilines is 1. The number of amides is 1. The summed E-state index contributed by atoms with van der Waals surface area (Å²) in [6.45, 7) is 1.25. The highest BCUT2D eigenvalue weighted by atomic mass is 19.1. The molecular weight excluding hydrogens is 271 g/mol. The maximum Gasteiger partial charge on any atom is 0.226 e. The molecule has 4 rings (SSSR count). The molecule has 1 aromatic heterocycles. The van der Waals surface area contributed by atoms with Crippen molar-refractivity contribution in [2.24, 2.45) is 5.92 Å². The summed E-state index contributed by atoms with van der Waals surface area (Å²) in [7, 11) is 0. The average molecular weight is 286 g/mol. The SMILES string of the molecule is O=C(NC1CC1)C1CN(c2ncnc3ccc(F)cc23)C1. The number of rotatable bonds is 3. The molecule has 1 amide bonds. The van der Waals surface area contributed by atoms with Crippen LogP contribution < -0.4 is 10.2 Å². The van der Waals surface area contributed by atoms with Gasteiger partial charge in [-0.25, -0.2) is 14.4 Å². The lowest BCUT2D eigenvalue weighted by atomic mass is 9.98. The number of carbonyl (C=O) groups excluding carboxylic acids is 1. The van der Waals surface area contributed by atoms with Gasteiger partial charge in [0.25, 0.3) is 0 Å². The van der Waals surface area contributed by atoms with Crippen molar-refractivity contribution in [1.29, 1.82) is 0 Å². The molecule has 108 valence electrons. The molecule has 1 saturated carbocycles. The Bertz CT molecular complexity index is 710. The van der Waals surface area contributed by atoms with Crippen molar-refractivity contribution < 1.29 is 9.18 Å². The van der Waals surface area contributed by atoms with Gasteiger partial charge < -0.3 is 10.2 Å². The fourth-order valence-corrected chi connectivity index (χ4v) is 2.63. The van der Waals surface area contributed by atoms with E-state index in [0.29, 0.717) is 35.9 Å². The monoisotopic (exact) mass is 286 g/mol. The number of nitrogens with one attached hydrogen (secondary N) is 1. The van der Waals surface area contributed by atoms with Gasteiger partial charge in [-0.15, -0.1) is 0 Å². The summed E-state index contributed by atoms with van der Waals surface area (Å²) < 4.78 is 13.4. The predicted octanol–water partition coefficient (Wildman–Crippen LogP) is 1.48. The van der Waals surface area contributed by atoms with Crippen LogP contribution in [0.3, 0.4) is 0 Å². The Labute approximate surface area is 121 Å². The Morgan fingerprint density at radius 2 is 2.10 bits per heavy atom. The smallest absolute Gasteiger partial charge is 0.226 e. The van der Waals surface area contributed by atoms with Crippen molar-refractivity contribution in [3.05, 3.63) is 30.3 Å². The zero-order valence-electron chi connectivity index (χ0n) is 11.4. The second-order valence-electron chi connectivity index (χ2n) is 5.74. The van der Waals surface area contributed by atoms with E-state index < -0.39 is 0 Å². The van der Waals surface area contributed by atoms with E-state index in [1.165, 1.54) is 18.5 Å². The quantitative estimate of drug-likeness (QED) is 0.928. The summed E-state index contributed by atoms with van der Waals surface area (Å²) >= 11 is 0. The highest BCUT2D eigenvalue weighted by Gasteiger charge is 2.36. The molecule has 2 aliphatic rings. The van der Waals surface area contributed by atoms with Gasteiger partial charge in [-0.1, -0.05) is 0 Å². The molecule has 21 heavy (non-hydrogen) atoms. The topological polar surface area (TPSA) is 58.1 Å². The van der Waals surface area contributed by atoms with Crippen LogP contribution >= 0.6 is 0 Å². The third-order valence-electron chi connectivity index (χ3n) is 4.05. The Morgan fingerprint density at radius 3 is 2.86 bits per heavy atom. The molecular formula is C15H15FN4O. The van der Waals surface area contributed by atoms with E-state index in [9.17, 15) is 9.18 Å². The summed E-state index contributed by atoms with van der Waals surface area (Å²) in [6.07, 6.45) is 3.67. The zero-order valence-corrected chi connectivity index (χ0v) is 11.4. The van der Waals surface area contributed by atoms with Gasteiger partial charge in [-0.3, -0.25) is 4.79 Å². The van der Waals surface area contributed by atoms with Crippen molar-refractivity contribution in [2.45, 2.75) is 18.9 Å². The van der Waals surface area contributed by atoms with Crippen LogP contribution in [0.5, 0.6) is 0 Å². The van der Waals surface area contributed by atoms with Crippen molar-refractivity contribution in [2.75, 3.05) is 18.0 Å². The molecule has 5 nitrogen and oxygen atoms in total. The highest BCUT2D eigenvalue weighted by molar-refractivity contribution is 5.91. The molecule has 2 fully saturated rings. The van der Waals surface area contributed by atoms with Gasteiger partial charge in [-0.2, -0.15) is 0 Å².